The molecule has 1 aromatic heterocycles. The average Bonchev–Trinajstić information content (AvgIpc) is 2.76. The lowest BCUT2D eigenvalue weighted by Gasteiger charge is -2.39. The molecule has 2 aliphatic heterocycles. The van der Waals surface area contributed by atoms with Crippen molar-refractivity contribution in [1.29, 1.82) is 0 Å². The number of carbonyl (C=O) groups is 1. The molecule has 0 radical (unpaired) electrons. The lowest BCUT2D eigenvalue weighted by molar-refractivity contribution is -0.136. The molecule has 28 heavy (non-hydrogen) atoms. The summed E-state index contributed by atoms with van der Waals surface area (Å²) < 4.78 is 0. The number of piperazine rings is 1. The second kappa shape index (κ2) is 8.17. The highest BCUT2D eigenvalue weighted by Crippen LogP contribution is 2.25. The number of aromatic nitrogens is 2. The summed E-state index contributed by atoms with van der Waals surface area (Å²) in [4.78, 5) is 28.3. The van der Waals surface area contributed by atoms with Crippen molar-refractivity contribution >= 4 is 17.5 Å². The maximum Gasteiger partial charge on any atom is 0.225 e. The van der Waals surface area contributed by atoms with Gasteiger partial charge in [0.1, 0.15) is 0 Å². The summed E-state index contributed by atoms with van der Waals surface area (Å²) in [5.41, 5.74) is 3.90. The van der Waals surface area contributed by atoms with Gasteiger partial charge in [0.05, 0.1) is 0 Å². The first kappa shape index (κ1) is 18.7. The Morgan fingerprint density at radius 1 is 0.929 bits per heavy atom. The quantitative estimate of drug-likeness (QED) is 0.821. The van der Waals surface area contributed by atoms with Crippen LogP contribution in [0.3, 0.4) is 0 Å². The Morgan fingerprint density at radius 3 is 2.29 bits per heavy atom. The predicted molar refractivity (Wildman–Crippen MR) is 112 cm³/mol. The van der Waals surface area contributed by atoms with Crippen LogP contribution in [-0.4, -0.2) is 60.0 Å². The van der Waals surface area contributed by atoms with Gasteiger partial charge in [0.25, 0.3) is 0 Å². The van der Waals surface area contributed by atoms with Crippen molar-refractivity contribution in [3.05, 3.63) is 47.8 Å². The van der Waals surface area contributed by atoms with Crippen molar-refractivity contribution in [1.82, 2.24) is 14.9 Å². The molecule has 0 saturated carbocycles. The Hall–Kier alpha value is -2.63. The average molecular weight is 380 g/mol. The fourth-order valence-electron chi connectivity index (χ4n) is 4.27. The topological polar surface area (TPSA) is 52.6 Å². The van der Waals surface area contributed by atoms with E-state index in [9.17, 15) is 4.79 Å². The molecule has 6 nitrogen and oxygen atoms in total. The highest BCUT2D eigenvalue weighted by atomic mass is 16.2. The summed E-state index contributed by atoms with van der Waals surface area (Å²) in [6, 6.07) is 8.43. The second-order valence-electron chi connectivity index (χ2n) is 7.91. The van der Waals surface area contributed by atoms with Gasteiger partial charge in [-0.1, -0.05) is 12.1 Å². The zero-order valence-electron chi connectivity index (χ0n) is 16.8. The molecule has 148 valence electrons. The van der Waals surface area contributed by atoms with Gasteiger partial charge in [-0.2, -0.15) is 0 Å². The Balaban J connectivity index is 1.30. The van der Waals surface area contributed by atoms with Crippen LogP contribution in [0.15, 0.2) is 36.7 Å². The van der Waals surface area contributed by atoms with Crippen molar-refractivity contribution in [2.75, 3.05) is 49.1 Å². The van der Waals surface area contributed by atoms with E-state index in [0.29, 0.717) is 5.91 Å². The smallest absolute Gasteiger partial charge is 0.225 e. The Kier molecular flexibility index (Phi) is 5.46. The third kappa shape index (κ3) is 3.96. The van der Waals surface area contributed by atoms with Crippen LogP contribution in [0.25, 0.3) is 0 Å². The normalized spacial score (nSPS) is 18.4. The molecule has 4 rings (SSSR count). The molecule has 2 saturated heterocycles. The van der Waals surface area contributed by atoms with Crippen LogP contribution in [0, 0.1) is 19.8 Å². The van der Waals surface area contributed by atoms with Gasteiger partial charge in [0.2, 0.25) is 11.9 Å². The second-order valence-corrected chi connectivity index (χ2v) is 7.91. The van der Waals surface area contributed by atoms with Gasteiger partial charge in [-0.3, -0.25) is 4.79 Å². The fourth-order valence-corrected chi connectivity index (χ4v) is 4.27. The van der Waals surface area contributed by atoms with Crippen molar-refractivity contribution < 1.29 is 4.79 Å². The monoisotopic (exact) mass is 379 g/mol. The number of nitrogens with zero attached hydrogens (tertiary/aromatic N) is 5. The van der Waals surface area contributed by atoms with Crippen LogP contribution in [0.4, 0.5) is 11.6 Å². The number of rotatable bonds is 3. The summed E-state index contributed by atoms with van der Waals surface area (Å²) >= 11 is 0. The molecule has 2 aliphatic rings. The summed E-state index contributed by atoms with van der Waals surface area (Å²) in [5, 5.41) is 0. The van der Waals surface area contributed by atoms with Crippen molar-refractivity contribution in [2.45, 2.75) is 26.7 Å². The minimum Gasteiger partial charge on any atom is -0.368 e. The number of benzene rings is 1. The van der Waals surface area contributed by atoms with Gasteiger partial charge in [0.15, 0.2) is 0 Å². The van der Waals surface area contributed by atoms with Crippen LogP contribution in [0.1, 0.15) is 24.0 Å². The molecular formula is C22H29N5O. The molecule has 0 atom stereocenters. The van der Waals surface area contributed by atoms with Crippen LogP contribution in [0.2, 0.25) is 0 Å². The van der Waals surface area contributed by atoms with E-state index in [0.717, 1.165) is 58.1 Å². The SMILES string of the molecule is Cc1ccc(C)c(N2CCN(C(=O)C3CCN(c4ncccn4)CC3)CC2)c1. The van der Waals surface area contributed by atoms with Gasteiger partial charge in [-0.25, -0.2) is 9.97 Å². The number of piperidine rings is 1. The molecule has 2 fully saturated rings. The molecule has 3 heterocycles. The molecular weight excluding hydrogens is 350 g/mol. The molecule has 0 spiro atoms. The van der Waals surface area contributed by atoms with Gasteiger partial charge in [0, 0.05) is 63.3 Å². The van der Waals surface area contributed by atoms with Crippen LogP contribution in [0.5, 0.6) is 0 Å². The number of hydrogen-bond donors (Lipinski definition) is 0. The molecule has 1 aromatic carbocycles. The van der Waals surface area contributed by atoms with E-state index in [2.05, 4.69) is 56.7 Å². The lowest BCUT2D eigenvalue weighted by Crippen LogP contribution is -2.52. The van der Waals surface area contributed by atoms with Crippen molar-refractivity contribution in [3.63, 3.8) is 0 Å². The number of aryl methyl sites for hydroxylation is 2. The van der Waals surface area contributed by atoms with E-state index in [1.54, 1.807) is 12.4 Å². The van der Waals surface area contributed by atoms with E-state index in [4.69, 9.17) is 0 Å². The van der Waals surface area contributed by atoms with Crippen LogP contribution >= 0.6 is 0 Å². The first-order chi connectivity index (χ1) is 13.6. The zero-order valence-corrected chi connectivity index (χ0v) is 16.8. The van der Waals surface area contributed by atoms with Gasteiger partial charge < -0.3 is 14.7 Å². The maximum atomic E-state index is 13.0. The van der Waals surface area contributed by atoms with Crippen molar-refractivity contribution in [2.24, 2.45) is 5.92 Å². The molecule has 0 unspecified atom stereocenters. The fraction of sp³-hybridized carbons (Fsp3) is 0.500. The molecule has 0 bridgehead atoms. The first-order valence-electron chi connectivity index (χ1n) is 10.2. The van der Waals surface area contributed by atoms with Crippen LogP contribution in [-0.2, 0) is 4.79 Å². The number of carbonyl (C=O) groups excluding carboxylic acids is 1. The van der Waals surface area contributed by atoms with E-state index < -0.39 is 0 Å². The van der Waals surface area contributed by atoms with Gasteiger partial charge >= 0.3 is 0 Å². The summed E-state index contributed by atoms with van der Waals surface area (Å²) in [6.07, 6.45) is 5.31. The Morgan fingerprint density at radius 2 is 1.61 bits per heavy atom. The van der Waals surface area contributed by atoms with E-state index in [1.807, 2.05) is 6.07 Å². The summed E-state index contributed by atoms with van der Waals surface area (Å²) in [6.45, 7) is 9.44. The van der Waals surface area contributed by atoms with Gasteiger partial charge in [-0.05, 0) is 49.9 Å². The maximum absolute atomic E-state index is 13.0. The predicted octanol–water partition coefficient (Wildman–Crippen LogP) is 2.66. The number of hydrogen-bond acceptors (Lipinski definition) is 5. The van der Waals surface area contributed by atoms with Crippen LogP contribution < -0.4 is 9.80 Å². The zero-order chi connectivity index (χ0) is 19.5. The Labute approximate surface area is 167 Å². The lowest BCUT2D eigenvalue weighted by atomic mass is 9.95. The molecule has 1 amide bonds. The van der Waals surface area contributed by atoms with E-state index >= 15 is 0 Å². The molecule has 0 N–H and O–H groups in total. The highest BCUT2D eigenvalue weighted by molar-refractivity contribution is 5.79. The van der Waals surface area contributed by atoms with E-state index in [1.165, 1.54) is 16.8 Å². The Bertz CT molecular complexity index is 809. The third-order valence-electron chi connectivity index (χ3n) is 5.98. The minimum atomic E-state index is 0.132. The summed E-state index contributed by atoms with van der Waals surface area (Å²) in [5.74, 6) is 1.23. The third-order valence-corrected chi connectivity index (χ3v) is 5.98. The molecule has 0 aliphatic carbocycles. The standard InChI is InChI=1S/C22H29N5O/c1-17-4-5-18(2)20(16-17)25-12-14-26(15-13-25)21(28)19-6-10-27(11-7-19)22-23-8-3-9-24-22/h3-5,8-9,16,19H,6-7,10-15H2,1-2H3. The van der Waals surface area contributed by atoms with Crippen molar-refractivity contribution in [3.8, 4) is 0 Å². The molecule has 2 aromatic rings. The van der Waals surface area contributed by atoms with E-state index in [-0.39, 0.29) is 5.92 Å². The van der Waals surface area contributed by atoms with Gasteiger partial charge in [-0.15, -0.1) is 0 Å². The molecule has 6 heteroatoms. The first-order valence-corrected chi connectivity index (χ1v) is 10.2. The number of anilines is 2. The summed E-state index contributed by atoms with van der Waals surface area (Å²) in [7, 11) is 0. The highest BCUT2D eigenvalue weighted by Gasteiger charge is 2.31. The largest absolute Gasteiger partial charge is 0.368 e. The number of amides is 1. The minimum absolute atomic E-state index is 0.132.